The second kappa shape index (κ2) is 8.95. The van der Waals surface area contributed by atoms with E-state index in [2.05, 4.69) is 41.5 Å². The monoisotopic (exact) mass is 428 g/mol. The predicted octanol–water partition coefficient (Wildman–Crippen LogP) is 4.89. The molecule has 176 valence electrons. The first kappa shape index (κ1) is 24.4. The van der Waals surface area contributed by atoms with Crippen LogP contribution in [0, 0.1) is 17.8 Å². The highest BCUT2D eigenvalue weighted by Gasteiger charge is 2.57. The zero-order chi connectivity index (χ0) is 22.3. The van der Waals surface area contributed by atoms with Gasteiger partial charge in [0.1, 0.15) is 24.4 Å². The van der Waals surface area contributed by atoms with E-state index in [0.717, 1.165) is 19.3 Å². The third kappa shape index (κ3) is 5.76. The Morgan fingerprint density at radius 1 is 0.567 bits per heavy atom. The van der Waals surface area contributed by atoms with Gasteiger partial charge in [-0.25, -0.2) is 0 Å². The van der Waals surface area contributed by atoms with Crippen molar-refractivity contribution in [1.29, 1.82) is 0 Å². The molecule has 3 fully saturated rings. The Hall–Kier alpha value is -0.240. The molecule has 0 spiro atoms. The molecular weight excluding hydrogens is 384 g/mol. The van der Waals surface area contributed by atoms with Crippen LogP contribution in [0.4, 0.5) is 0 Å². The number of hydrogen-bond donors (Lipinski definition) is 0. The Kier molecular flexibility index (Phi) is 7.28. The van der Waals surface area contributed by atoms with Gasteiger partial charge in [0.05, 0.1) is 13.2 Å². The summed E-state index contributed by atoms with van der Waals surface area (Å²) in [5.74, 6) is -0.399. The van der Waals surface area contributed by atoms with Crippen LogP contribution in [0.3, 0.4) is 0 Å². The average Bonchev–Trinajstić information content (AvgIpc) is 3.21. The normalized spacial score (nSPS) is 44.8. The Morgan fingerprint density at radius 3 is 1.23 bits per heavy atom. The van der Waals surface area contributed by atoms with E-state index in [-0.39, 0.29) is 24.4 Å². The van der Waals surface area contributed by atoms with Crippen molar-refractivity contribution in [1.82, 2.24) is 0 Å². The maximum atomic E-state index is 6.55. The molecule has 6 atom stereocenters. The van der Waals surface area contributed by atoms with Gasteiger partial charge in [-0.15, -0.1) is 0 Å². The van der Waals surface area contributed by atoms with Crippen molar-refractivity contribution in [2.75, 3.05) is 13.2 Å². The Labute approximate surface area is 183 Å². The third-order valence-corrected chi connectivity index (χ3v) is 6.07. The second-order valence-electron chi connectivity index (χ2n) is 11.3. The molecule has 6 nitrogen and oxygen atoms in total. The molecule has 0 saturated carbocycles. The molecule has 3 saturated heterocycles. The molecule has 3 aliphatic heterocycles. The Balaban J connectivity index is 1.76. The van der Waals surface area contributed by atoms with E-state index in [1.54, 1.807) is 0 Å². The van der Waals surface area contributed by atoms with Crippen LogP contribution in [-0.4, -0.2) is 55.0 Å². The summed E-state index contributed by atoms with van der Waals surface area (Å²) in [6, 6.07) is 0. The van der Waals surface area contributed by atoms with Gasteiger partial charge in [-0.2, -0.15) is 0 Å². The summed E-state index contributed by atoms with van der Waals surface area (Å²) in [5, 5.41) is 0. The SMILES string of the molecule is CC(C)CC1(C)O[C@H]([C@H]2COC(C)(CC(C)C)O2)[C@@H]([C@H]2COC(C)(CC(C)C)O2)O1. The van der Waals surface area contributed by atoms with Crippen molar-refractivity contribution in [2.45, 2.75) is 123 Å². The maximum Gasteiger partial charge on any atom is 0.167 e. The quantitative estimate of drug-likeness (QED) is 0.549. The van der Waals surface area contributed by atoms with Crippen LogP contribution < -0.4 is 0 Å². The molecule has 0 aliphatic carbocycles. The lowest BCUT2D eigenvalue weighted by molar-refractivity contribution is -0.201. The fourth-order valence-corrected chi connectivity index (χ4v) is 5.46. The molecule has 6 heteroatoms. The van der Waals surface area contributed by atoms with Gasteiger partial charge < -0.3 is 28.4 Å². The summed E-state index contributed by atoms with van der Waals surface area (Å²) in [7, 11) is 0. The molecule has 0 aromatic carbocycles. The van der Waals surface area contributed by atoms with Crippen LogP contribution in [0.15, 0.2) is 0 Å². The van der Waals surface area contributed by atoms with Gasteiger partial charge >= 0.3 is 0 Å². The standard InChI is InChI=1S/C24H44O6/c1-15(2)10-22(7)25-13-18(27-22)20-21(30-24(9,29-20)12-17(5)6)19-14-26-23(8,28-19)11-16(3)4/h15-21H,10-14H2,1-9H3/t18-,19-,20-,21-,22?,23?,24?/m1/s1. The van der Waals surface area contributed by atoms with E-state index in [1.807, 2.05) is 20.8 Å². The summed E-state index contributed by atoms with van der Waals surface area (Å²) in [6.45, 7) is 20.2. The summed E-state index contributed by atoms with van der Waals surface area (Å²) >= 11 is 0. The lowest BCUT2D eigenvalue weighted by Crippen LogP contribution is -2.45. The van der Waals surface area contributed by atoms with E-state index in [9.17, 15) is 0 Å². The molecule has 2 unspecified atom stereocenters. The zero-order valence-electron chi connectivity index (χ0n) is 20.5. The van der Waals surface area contributed by atoms with Crippen molar-refractivity contribution in [2.24, 2.45) is 17.8 Å². The first-order valence-electron chi connectivity index (χ1n) is 11.8. The van der Waals surface area contributed by atoms with Gasteiger partial charge in [-0.05, 0) is 38.5 Å². The molecule has 0 N–H and O–H groups in total. The van der Waals surface area contributed by atoms with Crippen LogP contribution in [0.1, 0.15) is 81.6 Å². The number of ether oxygens (including phenoxy) is 6. The van der Waals surface area contributed by atoms with E-state index in [4.69, 9.17) is 28.4 Å². The molecule has 3 heterocycles. The molecule has 3 aliphatic rings. The fourth-order valence-electron chi connectivity index (χ4n) is 5.46. The van der Waals surface area contributed by atoms with Crippen LogP contribution in [0.2, 0.25) is 0 Å². The van der Waals surface area contributed by atoms with Gasteiger partial charge in [0.2, 0.25) is 0 Å². The minimum Gasteiger partial charge on any atom is -0.347 e. The van der Waals surface area contributed by atoms with Crippen LogP contribution >= 0.6 is 0 Å². The fraction of sp³-hybridized carbons (Fsp3) is 1.00. The second-order valence-corrected chi connectivity index (χ2v) is 11.3. The van der Waals surface area contributed by atoms with Crippen molar-refractivity contribution in [3.8, 4) is 0 Å². The van der Waals surface area contributed by atoms with Crippen molar-refractivity contribution < 1.29 is 28.4 Å². The molecule has 0 aromatic heterocycles. The van der Waals surface area contributed by atoms with Crippen LogP contribution in [-0.2, 0) is 28.4 Å². The smallest absolute Gasteiger partial charge is 0.167 e. The molecule has 0 amide bonds. The molecule has 0 aromatic rings. The Bertz CT molecular complexity index is 536. The summed E-state index contributed by atoms with van der Waals surface area (Å²) in [6.07, 6.45) is 1.63. The summed E-state index contributed by atoms with van der Waals surface area (Å²) in [5.41, 5.74) is 0. The van der Waals surface area contributed by atoms with E-state index >= 15 is 0 Å². The van der Waals surface area contributed by atoms with Crippen LogP contribution in [0.25, 0.3) is 0 Å². The van der Waals surface area contributed by atoms with Crippen LogP contribution in [0.5, 0.6) is 0 Å². The average molecular weight is 429 g/mol. The molecular formula is C24H44O6. The lowest BCUT2D eigenvalue weighted by atomic mass is 10.0. The highest BCUT2D eigenvalue weighted by atomic mass is 16.8. The number of hydrogen-bond acceptors (Lipinski definition) is 6. The first-order valence-corrected chi connectivity index (χ1v) is 11.8. The predicted molar refractivity (Wildman–Crippen MR) is 115 cm³/mol. The highest BCUT2D eigenvalue weighted by molar-refractivity contribution is 4.98. The molecule has 0 radical (unpaired) electrons. The minimum atomic E-state index is -0.662. The topological polar surface area (TPSA) is 55.4 Å². The Morgan fingerprint density at radius 2 is 0.900 bits per heavy atom. The largest absolute Gasteiger partial charge is 0.347 e. The van der Waals surface area contributed by atoms with E-state index < -0.39 is 17.4 Å². The molecule has 3 rings (SSSR count). The number of rotatable bonds is 8. The first-order chi connectivity index (χ1) is 13.8. The summed E-state index contributed by atoms with van der Waals surface area (Å²) in [4.78, 5) is 0. The minimum absolute atomic E-state index is 0.187. The van der Waals surface area contributed by atoms with E-state index in [0.29, 0.717) is 31.0 Å². The van der Waals surface area contributed by atoms with Crippen molar-refractivity contribution in [3.63, 3.8) is 0 Å². The van der Waals surface area contributed by atoms with E-state index in [1.165, 1.54) is 0 Å². The maximum absolute atomic E-state index is 6.55. The van der Waals surface area contributed by atoms with Gasteiger partial charge in [-0.1, -0.05) is 41.5 Å². The zero-order valence-corrected chi connectivity index (χ0v) is 20.5. The van der Waals surface area contributed by atoms with Gasteiger partial charge in [0.25, 0.3) is 0 Å². The molecule has 30 heavy (non-hydrogen) atoms. The van der Waals surface area contributed by atoms with Gasteiger partial charge in [0.15, 0.2) is 17.4 Å². The highest BCUT2D eigenvalue weighted by Crippen LogP contribution is 2.43. The molecule has 0 bridgehead atoms. The summed E-state index contributed by atoms with van der Waals surface area (Å²) < 4.78 is 38.2. The van der Waals surface area contributed by atoms with Gasteiger partial charge in [-0.3, -0.25) is 0 Å². The van der Waals surface area contributed by atoms with Gasteiger partial charge in [0, 0.05) is 19.3 Å². The third-order valence-electron chi connectivity index (χ3n) is 6.07. The van der Waals surface area contributed by atoms with Crippen molar-refractivity contribution in [3.05, 3.63) is 0 Å². The van der Waals surface area contributed by atoms with Crippen molar-refractivity contribution >= 4 is 0 Å². The lowest BCUT2D eigenvalue weighted by Gasteiger charge is -2.30.